The molecule has 1 aliphatic rings. The van der Waals surface area contributed by atoms with E-state index in [4.69, 9.17) is 19.4 Å². The summed E-state index contributed by atoms with van der Waals surface area (Å²) >= 11 is 0. The Morgan fingerprint density at radius 2 is 0.931 bits per heavy atom. The summed E-state index contributed by atoms with van der Waals surface area (Å²) in [6, 6.07) is 61.6. The average molecular weight is 742 g/mol. The normalized spacial score (nSPS) is 12.3. The molecule has 0 saturated heterocycles. The summed E-state index contributed by atoms with van der Waals surface area (Å²) in [5.41, 5.74) is 13.6. The van der Waals surface area contributed by atoms with Crippen LogP contribution in [0.4, 0.5) is 0 Å². The first-order chi connectivity index (χ1) is 28.7. The molecule has 4 heteroatoms. The standard InChI is InChI=1S/C54H35N3O/c1-4-14-35(15-5-1)36-24-26-39(27-25-36)52-55-53(57-54(56-52)51-42-19-9-3-8-18-38(42)28-30-43(51)37-16-6-2-7-17-37)47-32-31-41(44-20-10-11-21-45(44)47)40-29-33-50-48(34-40)46-22-12-13-23-49(46)58-50/h1-2,4-34H,3H2. The molecule has 0 amide bonds. The molecule has 10 aromatic rings. The Bertz CT molecular complexity index is 3230. The molecule has 0 radical (unpaired) electrons. The number of rotatable bonds is 6. The maximum atomic E-state index is 6.18. The van der Waals surface area contributed by atoms with E-state index in [2.05, 4.69) is 182 Å². The molecule has 58 heavy (non-hydrogen) atoms. The molecule has 8 aromatic carbocycles. The lowest BCUT2D eigenvalue weighted by Gasteiger charge is -2.17. The van der Waals surface area contributed by atoms with Crippen LogP contribution in [0.5, 0.6) is 0 Å². The van der Waals surface area contributed by atoms with E-state index in [0.717, 1.165) is 100 Å². The van der Waals surface area contributed by atoms with Crippen LogP contribution in [0.15, 0.2) is 192 Å². The number of nitrogens with zero attached hydrogens (tertiary/aromatic N) is 3. The summed E-state index contributed by atoms with van der Waals surface area (Å²) < 4.78 is 6.18. The van der Waals surface area contributed by atoms with Gasteiger partial charge in [0.15, 0.2) is 17.5 Å². The summed E-state index contributed by atoms with van der Waals surface area (Å²) in [4.78, 5) is 16.0. The van der Waals surface area contributed by atoms with Crippen molar-refractivity contribution in [1.29, 1.82) is 0 Å². The summed E-state index contributed by atoms with van der Waals surface area (Å²) in [6.07, 6.45) is 9.70. The van der Waals surface area contributed by atoms with Gasteiger partial charge in [-0.05, 0) is 86.0 Å². The zero-order valence-corrected chi connectivity index (χ0v) is 31.5. The van der Waals surface area contributed by atoms with E-state index < -0.39 is 0 Å². The molecule has 11 rings (SSSR count). The van der Waals surface area contributed by atoms with Crippen LogP contribution in [0.3, 0.4) is 0 Å². The highest BCUT2D eigenvalue weighted by molar-refractivity contribution is 6.09. The third-order valence-corrected chi connectivity index (χ3v) is 11.2. The summed E-state index contributed by atoms with van der Waals surface area (Å²) in [5, 5.41) is 4.40. The zero-order chi connectivity index (χ0) is 38.4. The van der Waals surface area contributed by atoms with E-state index >= 15 is 0 Å². The van der Waals surface area contributed by atoms with Gasteiger partial charge in [-0.1, -0.05) is 176 Å². The van der Waals surface area contributed by atoms with E-state index in [0.29, 0.717) is 17.5 Å². The van der Waals surface area contributed by atoms with Crippen molar-refractivity contribution < 1.29 is 4.42 Å². The predicted molar refractivity (Wildman–Crippen MR) is 240 cm³/mol. The van der Waals surface area contributed by atoms with Gasteiger partial charge in [-0.3, -0.25) is 0 Å². The van der Waals surface area contributed by atoms with Crippen molar-refractivity contribution in [3.05, 3.63) is 199 Å². The van der Waals surface area contributed by atoms with Gasteiger partial charge in [-0.2, -0.15) is 0 Å². The zero-order valence-electron chi connectivity index (χ0n) is 31.5. The minimum atomic E-state index is 0.620. The third kappa shape index (κ3) is 5.91. The molecule has 4 nitrogen and oxygen atoms in total. The summed E-state index contributed by atoms with van der Waals surface area (Å²) in [7, 11) is 0. The van der Waals surface area contributed by atoms with Crippen LogP contribution in [-0.4, -0.2) is 15.0 Å². The van der Waals surface area contributed by atoms with Gasteiger partial charge in [0.25, 0.3) is 0 Å². The SMILES string of the molecule is C1=Cc2ccc(-c3ccccc3)c(-c3nc(-c4ccc(-c5ccccc5)cc4)nc(-c4ccc(-c5ccc6oc7ccccc7c6c5)c5ccccc45)n3)c2C=CC1. The van der Waals surface area contributed by atoms with Gasteiger partial charge < -0.3 is 4.42 Å². The van der Waals surface area contributed by atoms with E-state index in [-0.39, 0.29) is 0 Å². The van der Waals surface area contributed by atoms with E-state index in [1.165, 1.54) is 0 Å². The molecule has 0 saturated carbocycles. The molecular weight excluding hydrogens is 707 g/mol. The minimum Gasteiger partial charge on any atom is -0.456 e. The molecule has 0 atom stereocenters. The fraction of sp³-hybridized carbons (Fsp3) is 0.0185. The number of para-hydroxylation sites is 1. The molecule has 0 bridgehead atoms. The molecule has 272 valence electrons. The third-order valence-electron chi connectivity index (χ3n) is 11.2. The quantitative estimate of drug-likeness (QED) is 0.170. The Balaban J connectivity index is 1.13. The molecule has 0 N–H and O–H groups in total. The predicted octanol–water partition coefficient (Wildman–Crippen LogP) is 14.4. The largest absolute Gasteiger partial charge is 0.456 e. The molecule has 2 heterocycles. The van der Waals surface area contributed by atoms with Crippen LogP contribution in [0.2, 0.25) is 0 Å². The molecular formula is C54H35N3O. The lowest BCUT2D eigenvalue weighted by Crippen LogP contribution is -2.03. The minimum absolute atomic E-state index is 0.620. The Morgan fingerprint density at radius 3 is 1.74 bits per heavy atom. The highest BCUT2D eigenvalue weighted by Crippen LogP contribution is 2.41. The van der Waals surface area contributed by atoms with Crippen molar-refractivity contribution in [1.82, 2.24) is 15.0 Å². The van der Waals surface area contributed by atoms with Gasteiger partial charge in [0.1, 0.15) is 11.2 Å². The maximum absolute atomic E-state index is 6.18. The van der Waals surface area contributed by atoms with Crippen LogP contribution >= 0.6 is 0 Å². The van der Waals surface area contributed by atoms with Gasteiger partial charge in [0, 0.05) is 27.5 Å². The Morgan fingerprint density at radius 1 is 0.362 bits per heavy atom. The van der Waals surface area contributed by atoms with Crippen LogP contribution < -0.4 is 0 Å². The molecule has 1 aliphatic carbocycles. The van der Waals surface area contributed by atoms with Crippen LogP contribution in [0.25, 0.3) is 112 Å². The molecule has 0 aliphatic heterocycles. The van der Waals surface area contributed by atoms with Crippen molar-refractivity contribution in [2.75, 3.05) is 0 Å². The Kier molecular flexibility index (Phi) is 8.18. The van der Waals surface area contributed by atoms with Gasteiger partial charge in [-0.25, -0.2) is 15.0 Å². The Labute approximate surface area is 336 Å². The monoisotopic (exact) mass is 741 g/mol. The average Bonchev–Trinajstić information content (AvgIpc) is 3.49. The van der Waals surface area contributed by atoms with Gasteiger partial charge in [0.2, 0.25) is 0 Å². The number of aromatic nitrogens is 3. The number of fused-ring (bicyclic) bond motifs is 5. The Hall–Kier alpha value is -7.69. The first-order valence-corrected chi connectivity index (χ1v) is 19.7. The number of hydrogen-bond acceptors (Lipinski definition) is 4. The lowest BCUT2D eigenvalue weighted by molar-refractivity contribution is 0.669. The van der Waals surface area contributed by atoms with E-state index in [1.54, 1.807) is 0 Å². The van der Waals surface area contributed by atoms with Crippen LogP contribution in [-0.2, 0) is 0 Å². The second-order valence-electron chi connectivity index (χ2n) is 14.7. The second kappa shape index (κ2) is 14.1. The maximum Gasteiger partial charge on any atom is 0.165 e. The van der Waals surface area contributed by atoms with Crippen molar-refractivity contribution in [2.24, 2.45) is 0 Å². The first-order valence-electron chi connectivity index (χ1n) is 19.7. The second-order valence-corrected chi connectivity index (χ2v) is 14.7. The summed E-state index contributed by atoms with van der Waals surface area (Å²) in [6.45, 7) is 0. The van der Waals surface area contributed by atoms with Gasteiger partial charge in [0.05, 0.1) is 0 Å². The van der Waals surface area contributed by atoms with Crippen LogP contribution in [0.1, 0.15) is 17.5 Å². The van der Waals surface area contributed by atoms with E-state index in [9.17, 15) is 0 Å². The number of allylic oxidation sites excluding steroid dienone is 2. The highest BCUT2D eigenvalue weighted by Gasteiger charge is 2.22. The molecule has 0 fully saturated rings. The number of benzene rings is 8. The van der Waals surface area contributed by atoms with E-state index in [1.807, 2.05) is 18.2 Å². The van der Waals surface area contributed by atoms with Crippen molar-refractivity contribution >= 4 is 44.9 Å². The number of furan rings is 1. The van der Waals surface area contributed by atoms with Crippen molar-refractivity contribution in [3.63, 3.8) is 0 Å². The van der Waals surface area contributed by atoms with Crippen LogP contribution in [0, 0.1) is 0 Å². The van der Waals surface area contributed by atoms with Crippen molar-refractivity contribution in [2.45, 2.75) is 6.42 Å². The fourth-order valence-corrected chi connectivity index (χ4v) is 8.34. The lowest BCUT2D eigenvalue weighted by atomic mass is 9.91. The smallest absolute Gasteiger partial charge is 0.165 e. The van der Waals surface area contributed by atoms with Gasteiger partial charge >= 0.3 is 0 Å². The number of hydrogen-bond donors (Lipinski definition) is 0. The molecule has 0 spiro atoms. The molecule has 2 aromatic heterocycles. The van der Waals surface area contributed by atoms with Crippen molar-refractivity contribution in [3.8, 4) is 67.5 Å². The molecule has 0 unspecified atom stereocenters. The van der Waals surface area contributed by atoms with Gasteiger partial charge in [-0.15, -0.1) is 0 Å². The summed E-state index contributed by atoms with van der Waals surface area (Å²) in [5.74, 6) is 1.87. The first kappa shape index (κ1) is 33.6. The topological polar surface area (TPSA) is 51.8 Å². The highest BCUT2D eigenvalue weighted by atomic mass is 16.3. The fourth-order valence-electron chi connectivity index (χ4n) is 8.34.